The zero-order chi connectivity index (χ0) is 23.8. The zero-order valence-electron chi connectivity index (χ0n) is 19.8. The second kappa shape index (κ2) is 16.4. The van der Waals surface area contributed by atoms with Gasteiger partial charge in [0.25, 0.3) is 5.91 Å². The minimum Gasteiger partial charge on any atom is -0.351 e. The lowest BCUT2D eigenvalue weighted by Crippen LogP contribution is -2.25. The lowest BCUT2D eigenvalue weighted by atomic mass is 10.0. The van der Waals surface area contributed by atoms with Gasteiger partial charge in [0, 0.05) is 13.6 Å². The number of unbranched alkanes of at least 4 members (excludes halogenated alkanes) is 15. The third kappa shape index (κ3) is 11.6. The van der Waals surface area contributed by atoms with Crippen molar-refractivity contribution in [1.82, 2.24) is 15.1 Å². The number of aromatic nitrogens is 2. The van der Waals surface area contributed by atoms with Crippen LogP contribution in [0.4, 0.5) is 13.2 Å². The summed E-state index contributed by atoms with van der Waals surface area (Å²) >= 11 is 5.73. The van der Waals surface area contributed by atoms with Gasteiger partial charge in [-0.1, -0.05) is 115 Å². The molecule has 0 saturated heterocycles. The Labute approximate surface area is 196 Å². The van der Waals surface area contributed by atoms with E-state index >= 15 is 0 Å². The smallest absolute Gasteiger partial charge is 0.351 e. The van der Waals surface area contributed by atoms with E-state index in [0.717, 1.165) is 26.3 Å². The summed E-state index contributed by atoms with van der Waals surface area (Å²) in [6.07, 6.45) is 15.6. The number of hydrogen-bond acceptors (Lipinski definition) is 2. The molecule has 4 nitrogen and oxygen atoms in total. The highest BCUT2D eigenvalue weighted by Gasteiger charge is 2.39. The van der Waals surface area contributed by atoms with Gasteiger partial charge in [-0.05, 0) is 6.42 Å². The molecule has 0 aromatic carbocycles. The summed E-state index contributed by atoms with van der Waals surface area (Å²) in [5.74, 6) is -0.665. The molecule has 1 aromatic heterocycles. The minimum atomic E-state index is -4.65. The van der Waals surface area contributed by atoms with E-state index in [1.165, 1.54) is 83.5 Å². The second-order valence-corrected chi connectivity index (χ2v) is 9.07. The number of aryl methyl sites for hydroxylation is 1. The van der Waals surface area contributed by atoms with Crippen molar-refractivity contribution in [2.24, 2.45) is 7.05 Å². The van der Waals surface area contributed by atoms with Gasteiger partial charge >= 0.3 is 6.18 Å². The van der Waals surface area contributed by atoms with Crippen LogP contribution in [-0.4, -0.2) is 22.2 Å². The molecule has 0 aliphatic heterocycles. The SMILES string of the molecule is CCCCCCCCCCCCCCCCCCNC(=O)c1nn(C)c(C(F)(F)F)c1Cl. The minimum absolute atomic E-state index is 0.377. The van der Waals surface area contributed by atoms with Gasteiger partial charge in [-0.15, -0.1) is 0 Å². The summed E-state index contributed by atoms with van der Waals surface area (Å²) in [7, 11) is 1.13. The Morgan fingerprint density at radius 3 is 1.62 bits per heavy atom. The standard InChI is InChI=1S/C24H41ClF3N3O/c1-3-4-5-6-7-8-9-10-11-12-13-14-15-16-17-18-19-29-23(32)21-20(25)22(24(26,27)28)31(2)30-21/h3-19H2,1-2H3,(H,29,32). The highest BCUT2D eigenvalue weighted by molar-refractivity contribution is 6.34. The van der Waals surface area contributed by atoms with Gasteiger partial charge in [-0.3, -0.25) is 9.48 Å². The molecule has 0 bridgehead atoms. The molecule has 0 radical (unpaired) electrons. The number of carbonyl (C=O) groups is 1. The Balaban J connectivity index is 1.98. The predicted molar refractivity (Wildman–Crippen MR) is 125 cm³/mol. The van der Waals surface area contributed by atoms with Crippen molar-refractivity contribution in [3.05, 3.63) is 16.4 Å². The number of amides is 1. The van der Waals surface area contributed by atoms with Crippen LogP contribution in [-0.2, 0) is 13.2 Å². The third-order valence-corrected chi connectivity index (χ3v) is 6.15. The van der Waals surface area contributed by atoms with E-state index in [2.05, 4.69) is 17.3 Å². The lowest BCUT2D eigenvalue weighted by Gasteiger charge is -2.06. The van der Waals surface area contributed by atoms with Gasteiger partial charge in [0.2, 0.25) is 0 Å². The molecule has 0 aliphatic rings. The first kappa shape index (κ1) is 28.8. The van der Waals surface area contributed by atoms with Gasteiger partial charge in [-0.25, -0.2) is 0 Å². The van der Waals surface area contributed by atoms with Crippen molar-refractivity contribution in [1.29, 1.82) is 0 Å². The van der Waals surface area contributed by atoms with E-state index in [1.807, 2.05) is 0 Å². The van der Waals surface area contributed by atoms with E-state index in [1.54, 1.807) is 0 Å². The van der Waals surface area contributed by atoms with E-state index in [-0.39, 0.29) is 5.69 Å². The number of alkyl halides is 3. The van der Waals surface area contributed by atoms with Crippen LogP contribution in [0.3, 0.4) is 0 Å². The normalized spacial score (nSPS) is 11.8. The van der Waals surface area contributed by atoms with Crippen LogP contribution in [0.5, 0.6) is 0 Å². The summed E-state index contributed by atoms with van der Waals surface area (Å²) in [6.45, 7) is 2.66. The van der Waals surface area contributed by atoms with Crippen LogP contribution in [0, 0.1) is 0 Å². The molecule has 0 atom stereocenters. The van der Waals surface area contributed by atoms with Gasteiger partial charge in [-0.2, -0.15) is 18.3 Å². The van der Waals surface area contributed by atoms with Crippen LogP contribution in [0.15, 0.2) is 0 Å². The maximum atomic E-state index is 12.9. The zero-order valence-corrected chi connectivity index (χ0v) is 20.6. The first-order valence-corrected chi connectivity index (χ1v) is 12.7. The van der Waals surface area contributed by atoms with Gasteiger partial charge in [0.1, 0.15) is 5.02 Å². The predicted octanol–water partition coefficient (Wildman–Crippen LogP) is 8.08. The lowest BCUT2D eigenvalue weighted by molar-refractivity contribution is -0.143. The van der Waals surface area contributed by atoms with Crippen molar-refractivity contribution in [3.63, 3.8) is 0 Å². The monoisotopic (exact) mass is 479 g/mol. The van der Waals surface area contributed by atoms with Crippen molar-refractivity contribution >= 4 is 17.5 Å². The molecule has 0 aliphatic carbocycles. The van der Waals surface area contributed by atoms with E-state index in [4.69, 9.17) is 11.6 Å². The molecule has 186 valence electrons. The second-order valence-electron chi connectivity index (χ2n) is 8.69. The van der Waals surface area contributed by atoms with Crippen LogP contribution < -0.4 is 5.32 Å². The first-order chi connectivity index (χ1) is 15.3. The fourth-order valence-electron chi connectivity index (χ4n) is 3.91. The average molecular weight is 480 g/mol. The average Bonchev–Trinajstić information content (AvgIpc) is 3.04. The van der Waals surface area contributed by atoms with Gasteiger partial charge in [0.15, 0.2) is 11.4 Å². The Morgan fingerprint density at radius 2 is 1.25 bits per heavy atom. The summed E-state index contributed by atoms with van der Waals surface area (Å²) in [4.78, 5) is 12.1. The summed E-state index contributed by atoms with van der Waals surface area (Å²) < 4.78 is 39.4. The van der Waals surface area contributed by atoms with Crippen molar-refractivity contribution in [2.45, 2.75) is 116 Å². The highest BCUT2D eigenvalue weighted by atomic mass is 35.5. The topological polar surface area (TPSA) is 46.9 Å². The number of rotatable bonds is 18. The molecule has 0 saturated carbocycles. The quantitative estimate of drug-likeness (QED) is 0.216. The third-order valence-electron chi connectivity index (χ3n) is 5.79. The Morgan fingerprint density at radius 1 is 0.844 bits per heavy atom. The molecule has 1 heterocycles. The van der Waals surface area contributed by atoms with Gasteiger partial charge in [0.05, 0.1) is 0 Å². The molecule has 8 heteroatoms. The molecule has 32 heavy (non-hydrogen) atoms. The van der Waals surface area contributed by atoms with Crippen LogP contribution in [0.2, 0.25) is 5.02 Å². The number of hydrogen-bond donors (Lipinski definition) is 1. The van der Waals surface area contributed by atoms with Crippen LogP contribution in [0.25, 0.3) is 0 Å². The number of carbonyl (C=O) groups excluding carboxylic acids is 1. The molecule has 1 N–H and O–H groups in total. The molecule has 0 fully saturated rings. The maximum Gasteiger partial charge on any atom is 0.434 e. The van der Waals surface area contributed by atoms with Crippen molar-refractivity contribution < 1.29 is 18.0 Å². The Hall–Kier alpha value is -1.24. The molecule has 0 spiro atoms. The van der Waals surface area contributed by atoms with Crippen molar-refractivity contribution in [2.75, 3.05) is 6.54 Å². The summed E-state index contributed by atoms with van der Waals surface area (Å²) in [6, 6.07) is 0. The molecule has 0 unspecified atom stereocenters. The van der Waals surface area contributed by atoms with E-state index in [0.29, 0.717) is 11.2 Å². The number of nitrogens with zero attached hydrogens (tertiary/aromatic N) is 2. The molecule has 1 rings (SSSR count). The summed E-state index contributed by atoms with van der Waals surface area (Å²) in [5, 5.41) is 5.59. The fourth-order valence-corrected chi connectivity index (χ4v) is 4.26. The summed E-state index contributed by atoms with van der Waals surface area (Å²) in [5.41, 5.74) is -1.48. The molecular formula is C24H41ClF3N3O. The number of nitrogens with one attached hydrogen (secondary N) is 1. The molecule has 1 aromatic rings. The van der Waals surface area contributed by atoms with Gasteiger partial charge < -0.3 is 5.32 Å². The van der Waals surface area contributed by atoms with Crippen LogP contribution >= 0.6 is 11.6 Å². The number of halogens is 4. The maximum absolute atomic E-state index is 12.9. The fraction of sp³-hybridized carbons (Fsp3) is 0.833. The Kier molecular flexibility index (Phi) is 14.7. The van der Waals surface area contributed by atoms with Crippen LogP contribution in [0.1, 0.15) is 126 Å². The molecular weight excluding hydrogens is 439 g/mol. The van der Waals surface area contributed by atoms with Crippen molar-refractivity contribution in [3.8, 4) is 0 Å². The molecule has 1 amide bonds. The highest BCUT2D eigenvalue weighted by Crippen LogP contribution is 2.35. The largest absolute Gasteiger partial charge is 0.434 e. The first-order valence-electron chi connectivity index (χ1n) is 12.4. The Bertz CT molecular complexity index is 647. The van der Waals surface area contributed by atoms with E-state index < -0.39 is 22.8 Å². The van der Waals surface area contributed by atoms with E-state index in [9.17, 15) is 18.0 Å².